The molecule has 0 bridgehead atoms. The SMILES string of the molecule is Cc1cc(Oc2ccccc2)ccc1N1C(=O)NC2c3c1ccnc3S[C@@H]2C(=O)NC1CCOC1. The highest BCUT2D eigenvalue weighted by molar-refractivity contribution is 8.01. The molecule has 35 heavy (non-hydrogen) atoms. The lowest BCUT2D eigenvalue weighted by Crippen LogP contribution is -2.50. The maximum absolute atomic E-state index is 13.4. The number of hydrogen-bond acceptors (Lipinski definition) is 6. The van der Waals surface area contributed by atoms with Crippen LogP contribution < -0.4 is 20.3 Å². The lowest BCUT2D eigenvalue weighted by atomic mass is 9.99. The molecule has 4 heterocycles. The summed E-state index contributed by atoms with van der Waals surface area (Å²) in [5.74, 6) is 1.33. The van der Waals surface area contributed by atoms with Crippen molar-refractivity contribution in [2.24, 2.45) is 0 Å². The first kappa shape index (κ1) is 21.9. The number of urea groups is 1. The van der Waals surface area contributed by atoms with Crippen molar-refractivity contribution < 1.29 is 19.1 Å². The van der Waals surface area contributed by atoms with Crippen LogP contribution in [0.15, 0.2) is 65.8 Å². The molecule has 3 amide bonds. The molecular weight excluding hydrogens is 464 g/mol. The number of ether oxygens (including phenoxy) is 2. The molecule has 0 aliphatic carbocycles. The molecule has 2 N–H and O–H groups in total. The van der Waals surface area contributed by atoms with E-state index in [1.54, 1.807) is 11.1 Å². The molecule has 1 aromatic heterocycles. The van der Waals surface area contributed by atoms with Crippen molar-refractivity contribution in [3.8, 4) is 11.5 Å². The van der Waals surface area contributed by atoms with E-state index < -0.39 is 11.3 Å². The first-order valence-corrected chi connectivity index (χ1v) is 12.4. The van der Waals surface area contributed by atoms with Crippen LogP contribution >= 0.6 is 11.8 Å². The van der Waals surface area contributed by atoms with E-state index in [-0.39, 0.29) is 18.0 Å². The Labute approximate surface area is 207 Å². The van der Waals surface area contributed by atoms with Crippen molar-refractivity contribution in [1.82, 2.24) is 15.6 Å². The number of rotatable bonds is 5. The number of amides is 3. The molecule has 9 heteroatoms. The zero-order chi connectivity index (χ0) is 23.9. The van der Waals surface area contributed by atoms with E-state index in [1.165, 1.54) is 11.8 Å². The number of anilines is 2. The molecule has 0 saturated carbocycles. The highest BCUT2D eigenvalue weighted by atomic mass is 32.2. The van der Waals surface area contributed by atoms with Gasteiger partial charge in [0, 0.05) is 18.4 Å². The van der Waals surface area contributed by atoms with E-state index >= 15 is 0 Å². The third-order valence-electron chi connectivity index (χ3n) is 6.43. The molecule has 8 nitrogen and oxygen atoms in total. The summed E-state index contributed by atoms with van der Waals surface area (Å²) in [5.41, 5.74) is 3.26. The van der Waals surface area contributed by atoms with Crippen LogP contribution in [0.3, 0.4) is 0 Å². The minimum absolute atomic E-state index is 0.00861. The minimum atomic E-state index is -0.479. The van der Waals surface area contributed by atoms with Gasteiger partial charge >= 0.3 is 6.03 Å². The van der Waals surface area contributed by atoms with Gasteiger partial charge < -0.3 is 20.1 Å². The fraction of sp³-hybridized carbons (Fsp3) is 0.269. The number of aryl methyl sites for hydroxylation is 1. The van der Waals surface area contributed by atoms with Crippen molar-refractivity contribution in [2.75, 3.05) is 18.1 Å². The molecule has 3 aliphatic rings. The number of hydrogen-bond donors (Lipinski definition) is 2. The van der Waals surface area contributed by atoms with Crippen molar-refractivity contribution in [2.45, 2.75) is 35.7 Å². The van der Waals surface area contributed by atoms with Crippen LogP contribution in [0.5, 0.6) is 11.5 Å². The van der Waals surface area contributed by atoms with E-state index in [2.05, 4.69) is 15.6 Å². The molecular formula is C26H24N4O4S. The van der Waals surface area contributed by atoms with E-state index in [1.807, 2.05) is 61.5 Å². The number of benzene rings is 2. The third kappa shape index (κ3) is 4.00. The van der Waals surface area contributed by atoms with E-state index in [4.69, 9.17) is 9.47 Å². The van der Waals surface area contributed by atoms with E-state index in [0.717, 1.165) is 39.7 Å². The van der Waals surface area contributed by atoms with Gasteiger partial charge in [0.1, 0.15) is 21.8 Å². The lowest BCUT2D eigenvalue weighted by Gasteiger charge is -2.35. The lowest BCUT2D eigenvalue weighted by molar-refractivity contribution is -0.121. The van der Waals surface area contributed by atoms with Crippen molar-refractivity contribution in [3.63, 3.8) is 0 Å². The smallest absolute Gasteiger partial charge is 0.327 e. The van der Waals surface area contributed by atoms with Crippen LogP contribution in [-0.4, -0.2) is 41.4 Å². The highest BCUT2D eigenvalue weighted by Crippen LogP contribution is 2.51. The molecule has 1 fully saturated rings. The average molecular weight is 489 g/mol. The zero-order valence-electron chi connectivity index (χ0n) is 19.1. The van der Waals surface area contributed by atoms with E-state index in [0.29, 0.717) is 19.0 Å². The summed E-state index contributed by atoms with van der Waals surface area (Å²) in [6.07, 6.45) is 2.49. The Balaban J connectivity index is 1.29. The maximum atomic E-state index is 13.4. The number of pyridine rings is 1. The number of nitrogens with one attached hydrogen (secondary N) is 2. The van der Waals surface area contributed by atoms with Gasteiger partial charge in [0.05, 0.1) is 30.1 Å². The molecule has 1 saturated heterocycles. The summed E-state index contributed by atoms with van der Waals surface area (Å²) in [6, 6.07) is 16.3. The summed E-state index contributed by atoms with van der Waals surface area (Å²) in [6.45, 7) is 3.12. The van der Waals surface area contributed by atoms with Gasteiger partial charge in [-0.15, -0.1) is 0 Å². The number of carbonyl (C=O) groups is 2. The van der Waals surface area contributed by atoms with Gasteiger partial charge in [-0.25, -0.2) is 9.78 Å². The average Bonchev–Trinajstić information content (AvgIpc) is 3.50. The van der Waals surface area contributed by atoms with Gasteiger partial charge in [0.2, 0.25) is 5.91 Å². The second kappa shape index (κ2) is 8.90. The van der Waals surface area contributed by atoms with Crippen LogP contribution in [0, 0.1) is 6.92 Å². The molecule has 6 rings (SSSR count). The number of nitrogens with zero attached hydrogens (tertiary/aromatic N) is 2. The van der Waals surface area contributed by atoms with Crippen molar-refractivity contribution in [3.05, 3.63) is 71.9 Å². The largest absolute Gasteiger partial charge is 0.457 e. The van der Waals surface area contributed by atoms with Gasteiger partial charge in [-0.05, 0) is 55.3 Å². The number of thioether (sulfide) groups is 1. The normalized spacial score (nSPS) is 22.5. The Morgan fingerprint density at radius 1 is 1.17 bits per heavy atom. The fourth-order valence-electron chi connectivity index (χ4n) is 4.76. The molecule has 0 spiro atoms. The second-order valence-electron chi connectivity index (χ2n) is 8.78. The number of para-hydroxylation sites is 1. The molecule has 3 aliphatic heterocycles. The minimum Gasteiger partial charge on any atom is -0.457 e. The molecule has 2 aromatic carbocycles. The zero-order valence-corrected chi connectivity index (χ0v) is 19.9. The molecule has 178 valence electrons. The fourth-order valence-corrected chi connectivity index (χ4v) is 6.00. The number of carbonyl (C=O) groups excluding carboxylic acids is 2. The quantitative estimate of drug-likeness (QED) is 0.551. The Kier molecular flexibility index (Phi) is 5.58. The summed E-state index contributed by atoms with van der Waals surface area (Å²) >= 11 is 1.40. The molecule has 3 aromatic rings. The monoisotopic (exact) mass is 488 g/mol. The van der Waals surface area contributed by atoms with Crippen molar-refractivity contribution in [1.29, 1.82) is 0 Å². The summed E-state index contributed by atoms with van der Waals surface area (Å²) in [5, 5.41) is 6.42. The Morgan fingerprint density at radius 2 is 2.03 bits per heavy atom. The third-order valence-corrected chi connectivity index (χ3v) is 7.72. The predicted octanol–water partition coefficient (Wildman–Crippen LogP) is 4.46. The van der Waals surface area contributed by atoms with Crippen LogP contribution in [0.4, 0.5) is 16.2 Å². The van der Waals surface area contributed by atoms with Crippen LogP contribution in [0.2, 0.25) is 0 Å². The van der Waals surface area contributed by atoms with Gasteiger partial charge in [-0.3, -0.25) is 9.69 Å². The topological polar surface area (TPSA) is 92.8 Å². The van der Waals surface area contributed by atoms with E-state index in [9.17, 15) is 9.59 Å². The Hall–Kier alpha value is -3.56. The molecule has 0 radical (unpaired) electrons. The van der Waals surface area contributed by atoms with Crippen LogP contribution in [0.25, 0.3) is 0 Å². The van der Waals surface area contributed by atoms with Gasteiger partial charge in [-0.2, -0.15) is 0 Å². The van der Waals surface area contributed by atoms with Crippen LogP contribution in [-0.2, 0) is 9.53 Å². The Morgan fingerprint density at radius 3 is 2.80 bits per heavy atom. The summed E-state index contributed by atoms with van der Waals surface area (Å²) in [7, 11) is 0. The summed E-state index contributed by atoms with van der Waals surface area (Å²) < 4.78 is 11.3. The van der Waals surface area contributed by atoms with Gasteiger partial charge in [0.25, 0.3) is 0 Å². The highest BCUT2D eigenvalue weighted by Gasteiger charge is 2.47. The summed E-state index contributed by atoms with van der Waals surface area (Å²) in [4.78, 5) is 32.6. The standard InChI is InChI=1S/C26H24N4O4S/c1-15-13-18(34-17-5-3-2-4-6-17)7-8-19(15)30-20-9-11-27-25-21(20)22(29-26(30)32)23(35-25)24(31)28-16-10-12-33-14-16/h2-9,11,13,16,22-23H,10,12,14H2,1H3,(H,28,31)(H,29,32)/t16?,22?,23-/m0/s1. The first-order chi connectivity index (χ1) is 17.1. The Bertz CT molecular complexity index is 1300. The first-order valence-electron chi connectivity index (χ1n) is 11.6. The molecule has 2 unspecified atom stereocenters. The van der Waals surface area contributed by atoms with Gasteiger partial charge in [-0.1, -0.05) is 30.0 Å². The maximum Gasteiger partial charge on any atom is 0.327 e. The van der Waals surface area contributed by atoms with Crippen LogP contribution in [0.1, 0.15) is 23.6 Å². The van der Waals surface area contributed by atoms with Crippen molar-refractivity contribution >= 4 is 35.1 Å². The number of aromatic nitrogens is 1. The predicted molar refractivity (Wildman–Crippen MR) is 132 cm³/mol. The van der Waals surface area contributed by atoms with Gasteiger partial charge in [0.15, 0.2) is 0 Å². The molecule has 3 atom stereocenters. The second-order valence-corrected chi connectivity index (χ2v) is 9.91.